The molecule has 164 valence electrons. The second-order valence-electron chi connectivity index (χ2n) is 8.71. The molecular formula is C22H31N3O4S. The van der Waals surface area contributed by atoms with E-state index in [1.165, 1.54) is 21.5 Å². The molecule has 2 aromatic rings. The standard InChI is InChI=1S/C22H31N3O4S/c1-8-29-16-9-10-19-18(11-16)15(2)13-22(3,4)25(19)30(27,28)17-12-20(24(7)14-17)21(26)23(5)6/h9-12,14-15H,8,13H2,1-7H3. The Morgan fingerprint density at radius 3 is 2.53 bits per heavy atom. The first-order valence-electron chi connectivity index (χ1n) is 10.1. The lowest BCUT2D eigenvalue weighted by Gasteiger charge is -2.46. The number of rotatable bonds is 5. The van der Waals surface area contributed by atoms with E-state index in [9.17, 15) is 13.2 Å². The van der Waals surface area contributed by atoms with Crippen molar-refractivity contribution in [2.24, 2.45) is 7.05 Å². The highest BCUT2D eigenvalue weighted by molar-refractivity contribution is 7.93. The maximum absolute atomic E-state index is 13.8. The fraction of sp³-hybridized carbons (Fsp3) is 0.500. The Bertz CT molecular complexity index is 1070. The van der Waals surface area contributed by atoms with Crippen LogP contribution in [0.15, 0.2) is 35.4 Å². The number of benzene rings is 1. The summed E-state index contributed by atoms with van der Waals surface area (Å²) in [5, 5.41) is 0. The van der Waals surface area contributed by atoms with Gasteiger partial charge in [0, 0.05) is 27.3 Å². The van der Waals surface area contributed by atoms with Crippen molar-refractivity contribution in [1.29, 1.82) is 0 Å². The van der Waals surface area contributed by atoms with Crippen molar-refractivity contribution in [3.05, 3.63) is 41.7 Å². The second-order valence-corrected chi connectivity index (χ2v) is 10.5. The number of sulfonamides is 1. The number of aryl methyl sites for hydroxylation is 1. The van der Waals surface area contributed by atoms with Gasteiger partial charge in [0.1, 0.15) is 16.3 Å². The summed E-state index contributed by atoms with van der Waals surface area (Å²) in [7, 11) is 1.08. The van der Waals surface area contributed by atoms with E-state index in [0.29, 0.717) is 24.4 Å². The van der Waals surface area contributed by atoms with Crippen molar-refractivity contribution in [2.75, 3.05) is 25.0 Å². The molecule has 3 rings (SSSR count). The van der Waals surface area contributed by atoms with Crippen LogP contribution in [0.1, 0.15) is 56.1 Å². The minimum atomic E-state index is -3.89. The Hall–Kier alpha value is -2.48. The van der Waals surface area contributed by atoms with Crippen LogP contribution in [0.25, 0.3) is 0 Å². The number of amides is 1. The summed E-state index contributed by atoms with van der Waals surface area (Å²) in [6.45, 7) is 8.46. The number of carbonyl (C=O) groups is 1. The van der Waals surface area contributed by atoms with E-state index in [-0.39, 0.29) is 16.7 Å². The van der Waals surface area contributed by atoms with Crippen LogP contribution in [-0.4, -0.2) is 50.0 Å². The van der Waals surface area contributed by atoms with Gasteiger partial charge < -0.3 is 14.2 Å². The first-order chi connectivity index (χ1) is 13.9. The van der Waals surface area contributed by atoms with Gasteiger partial charge in [-0.2, -0.15) is 0 Å². The van der Waals surface area contributed by atoms with Crippen LogP contribution in [0, 0.1) is 0 Å². The predicted octanol–water partition coefficient (Wildman–Crippen LogP) is 3.61. The fourth-order valence-electron chi connectivity index (χ4n) is 4.31. The Morgan fingerprint density at radius 2 is 1.93 bits per heavy atom. The van der Waals surface area contributed by atoms with Crippen LogP contribution in [-0.2, 0) is 17.1 Å². The van der Waals surface area contributed by atoms with E-state index in [0.717, 1.165) is 11.3 Å². The topological polar surface area (TPSA) is 71.8 Å². The average molecular weight is 434 g/mol. The van der Waals surface area contributed by atoms with Crippen LogP contribution in [0.4, 0.5) is 5.69 Å². The van der Waals surface area contributed by atoms with Gasteiger partial charge in [-0.25, -0.2) is 8.42 Å². The SMILES string of the molecule is CCOc1ccc2c(c1)C(C)CC(C)(C)N2S(=O)(=O)c1cc(C(=O)N(C)C)n(C)c1. The molecule has 1 aromatic carbocycles. The van der Waals surface area contributed by atoms with Gasteiger partial charge in [-0.3, -0.25) is 9.10 Å². The number of hydrogen-bond donors (Lipinski definition) is 0. The Labute approximate surface area is 179 Å². The van der Waals surface area contributed by atoms with Gasteiger partial charge in [0.25, 0.3) is 15.9 Å². The molecule has 0 saturated carbocycles. The second kappa shape index (κ2) is 7.65. The smallest absolute Gasteiger partial charge is 0.269 e. The molecule has 0 aliphatic carbocycles. The van der Waals surface area contributed by atoms with Crippen molar-refractivity contribution >= 4 is 21.6 Å². The number of hydrogen-bond acceptors (Lipinski definition) is 4. The summed E-state index contributed by atoms with van der Waals surface area (Å²) in [6.07, 6.45) is 2.18. The first kappa shape index (κ1) is 22.2. The molecule has 0 spiro atoms. The third kappa shape index (κ3) is 3.69. The van der Waals surface area contributed by atoms with Gasteiger partial charge in [-0.15, -0.1) is 0 Å². The molecule has 8 heteroatoms. The van der Waals surface area contributed by atoms with Crippen LogP contribution in [0.2, 0.25) is 0 Å². The first-order valence-corrected chi connectivity index (χ1v) is 11.5. The zero-order valence-electron chi connectivity index (χ0n) is 18.8. The molecule has 1 aliphatic rings. The van der Waals surface area contributed by atoms with Crippen LogP contribution in [0.5, 0.6) is 5.75 Å². The quantitative estimate of drug-likeness (QED) is 0.722. The molecule has 0 radical (unpaired) electrons. The fourth-order valence-corrected chi connectivity index (χ4v) is 6.23. The molecule has 0 bridgehead atoms. The third-order valence-corrected chi connectivity index (χ3v) is 7.55. The van der Waals surface area contributed by atoms with E-state index in [4.69, 9.17) is 4.74 Å². The Balaban J connectivity index is 2.15. The molecule has 1 unspecified atom stereocenters. The summed E-state index contributed by atoms with van der Waals surface area (Å²) < 4.78 is 36.3. The van der Waals surface area contributed by atoms with E-state index >= 15 is 0 Å². The zero-order valence-corrected chi connectivity index (χ0v) is 19.6. The van der Waals surface area contributed by atoms with Crippen LogP contribution in [0.3, 0.4) is 0 Å². The van der Waals surface area contributed by atoms with Gasteiger partial charge in [0.05, 0.1) is 17.8 Å². The molecule has 30 heavy (non-hydrogen) atoms. The monoisotopic (exact) mass is 433 g/mol. The van der Waals surface area contributed by atoms with Crippen molar-refractivity contribution < 1.29 is 17.9 Å². The van der Waals surface area contributed by atoms with Gasteiger partial charge in [-0.05, 0) is 62.9 Å². The third-order valence-electron chi connectivity index (χ3n) is 5.56. The highest BCUT2D eigenvalue weighted by Crippen LogP contribution is 2.47. The predicted molar refractivity (Wildman–Crippen MR) is 118 cm³/mol. The minimum absolute atomic E-state index is 0.109. The van der Waals surface area contributed by atoms with Gasteiger partial charge in [0.2, 0.25) is 0 Å². The van der Waals surface area contributed by atoms with Gasteiger partial charge in [-0.1, -0.05) is 6.92 Å². The van der Waals surface area contributed by atoms with E-state index in [1.807, 2.05) is 39.0 Å². The molecule has 0 N–H and O–H groups in total. The number of nitrogens with zero attached hydrogens (tertiary/aromatic N) is 3. The lowest BCUT2D eigenvalue weighted by molar-refractivity contribution is 0.0818. The maximum atomic E-state index is 13.8. The average Bonchev–Trinajstić information content (AvgIpc) is 3.03. The lowest BCUT2D eigenvalue weighted by Crippen LogP contribution is -2.51. The summed E-state index contributed by atoms with van der Waals surface area (Å²) in [5.41, 5.74) is 1.31. The number of ether oxygens (including phenoxy) is 1. The molecular weight excluding hydrogens is 402 g/mol. The van der Waals surface area contributed by atoms with Crippen molar-refractivity contribution in [3.8, 4) is 5.75 Å². The Morgan fingerprint density at radius 1 is 1.27 bits per heavy atom. The number of fused-ring (bicyclic) bond motifs is 1. The Kier molecular flexibility index (Phi) is 5.66. The largest absolute Gasteiger partial charge is 0.494 e. The van der Waals surface area contributed by atoms with Crippen molar-refractivity contribution in [3.63, 3.8) is 0 Å². The summed E-state index contributed by atoms with van der Waals surface area (Å²) in [6, 6.07) is 7.03. The molecule has 1 aromatic heterocycles. The molecule has 0 fully saturated rings. The lowest BCUT2D eigenvalue weighted by atomic mass is 9.82. The summed E-state index contributed by atoms with van der Waals surface area (Å²) >= 11 is 0. The molecule has 1 aliphatic heterocycles. The molecule has 2 heterocycles. The highest BCUT2D eigenvalue weighted by Gasteiger charge is 2.44. The van der Waals surface area contributed by atoms with Crippen molar-refractivity contribution in [2.45, 2.75) is 50.5 Å². The number of carbonyl (C=O) groups excluding carboxylic acids is 1. The molecule has 0 saturated heterocycles. The van der Waals surface area contributed by atoms with E-state index < -0.39 is 15.6 Å². The molecule has 1 atom stereocenters. The van der Waals surface area contributed by atoms with Crippen molar-refractivity contribution in [1.82, 2.24) is 9.47 Å². The van der Waals surface area contributed by atoms with Gasteiger partial charge in [0.15, 0.2) is 0 Å². The zero-order chi connectivity index (χ0) is 22.4. The van der Waals surface area contributed by atoms with Crippen LogP contribution < -0.4 is 9.04 Å². The number of anilines is 1. The van der Waals surface area contributed by atoms with E-state index in [2.05, 4.69) is 6.92 Å². The molecule has 7 nitrogen and oxygen atoms in total. The summed E-state index contributed by atoms with van der Waals surface area (Å²) in [4.78, 5) is 14.0. The molecule has 1 amide bonds. The summed E-state index contributed by atoms with van der Waals surface area (Å²) in [5.74, 6) is 0.675. The van der Waals surface area contributed by atoms with E-state index in [1.54, 1.807) is 25.7 Å². The number of aromatic nitrogens is 1. The van der Waals surface area contributed by atoms with Gasteiger partial charge >= 0.3 is 0 Å². The minimum Gasteiger partial charge on any atom is -0.494 e. The normalized spacial score (nSPS) is 18.1. The maximum Gasteiger partial charge on any atom is 0.269 e. The van der Waals surface area contributed by atoms with Crippen LogP contribution >= 0.6 is 0 Å². The highest BCUT2D eigenvalue weighted by atomic mass is 32.2.